The molecule has 31 heavy (non-hydrogen) atoms. The third kappa shape index (κ3) is 2.81. The Labute approximate surface area is 176 Å². The van der Waals surface area contributed by atoms with Crippen molar-refractivity contribution in [3.8, 4) is 22.7 Å². The molecule has 4 heterocycles. The molecule has 0 spiro atoms. The Bertz CT molecular complexity index is 1510. The predicted octanol–water partition coefficient (Wildman–Crippen LogP) is 3.30. The van der Waals surface area contributed by atoms with Gasteiger partial charge in [-0.3, -0.25) is 14.2 Å². The molecule has 9 heteroatoms. The normalized spacial score (nSPS) is 11.5. The van der Waals surface area contributed by atoms with Crippen LogP contribution in [-0.2, 0) is 13.6 Å². The maximum Gasteiger partial charge on any atom is 0.334 e. The van der Waals surface area contributed by atoms with E-state index in [0.29, 0.717) is 27.7 Å². The highest BCUT2D eigenvalue weighted by molar-refractivity contribution is 6.05. The summed E-state index contributed by atoms with van der Waals surface area (Å²) in [5.41, 5.74) is 2.98. The number of nitrogens with zero attached hydrogens (tertiary/aromatic N) is 6. The first-order valence-electron chi connectivity index (χ1n) is 9.75. The van der Waals surface area contributed by atoms with Gasteiger partial charge in [0.05, 0.1) is 36.1 Å². The van der Waals surface area contributed by atoms with Crippen LogP contribution in [-0.4, -0.2) is 36.0 Å². The summed E-state index contributed by atoms with van der Waals surface area (Å²) in [5.74, 6) is -0.00867. The van der Waals surface area contributed by atoms with E-state index >= 15 is 0 Å². The van der Waals surface area contributed by atoms with Gasteiger partial charge in [-0.2, -0.15) is 5.10 Å². The van der Waals surface area contributed by atoms with E-state index in [-0.39, 0.29) is 5.82 Å². The van der Waals surface area contributed by atoms with Gasteiger partial charge in [0.2, 0.25) is 0 Å². The summed E-state index contributed by atoms with van der Waals surface area (Å²) in [7, 11) is 3.22. The van der Waals surface area contributed by atoms with Crippen molar-refractivity contribution >= 4 is 21.9 Å². The molecule has 5 rings (SSSR count). The average molecular weight is 418 g/mol. The first-order chi connectivity index (χ1) is 15.0. The number of aromatic nitrogens is 6. The Morgan fingerprint density at radius 1 is 1.19 bits per heavy atom. The monoisotopic (exact) mass is 418 g/mol. The van der Waals surface area contributed by atoms with Gasteiger partial charge >= 0.3 is 5.69 Å². The summed E-state index contributed by atoms with van der Waals surface area (Å²) < 4.78 is 24.8. The highest BCUT2D eigenvalue weighted by Gasteiger charge is 2.21. The van der Waals surface area contributed by atoms with Crippen LogP contribution in [0.15, 0.2) is 53.8 Å². The van der Waals surface area contributed by atoms with Crippen LogP contribution in [0.5, 0.6) is 5.75 Å². The second-order valence-corrected chi connectivity index (χ2v) is 7.13. The van der Waals surface area contributed by atoms with Crippen LogP contribution in [0, 0.1) is 5.82 Å². The van der Waals surface area contributed by atoms with Crippen LogP contribution in [0.3, 0.4) is 0 Å². The summed E-state index contributed by atoms with van der Waals surface area (Å²) in [6.07, 6.45) is 6.75. The smallest absolute Gasteiger partial charge is 0.334 e. The quantitative estimate of drug-likeness (QED) is 0.447. The van der Waals surface area contributed by atoms with Gasteiger partial charge in [-0.15, -0.1) is 0 Å². The molecule has 0 amide bonds. The number of benzene rings is 1. The fraction of sp³-hybridized carbons (Fsp3) is 0.182. The van der Waals surface area contributed by atoms with Gasteiger partial charge in [0.1, 0.15) is 5.75 Å². The number of hydrogen-bond donors (Lipinski definition) is 0. The van der Waals surface area contributed by atoms with Crippen LogP contribution in [0.25, 0.3) is 38.9 Å². The van der Waals surface area contributed by atoms with E-state index in [4.69, 9.17) is 4.74 Å². The molecular formula is C22H19FN6O2. The standard InChI is InChI=1S/C22H19FN6O2/c1-4-28-12-13(10-26-28)14-8-15-17(9-19(14)31-3)25-11-18-20(15)29(22(30)27(18)2)21-16(23)6-5-7-24-21/h5-12H,4H2,1-3H3. The summed E-state index contributed by atoms with van der Waals surface area (Å²) in [5, 5.41) is 5.03. The van der Waals surface area contributed by atoms with E-state index in [0.717, 1.165) is 17.7 Å². The van der Waals surface area contributed by atoms with Crippen LogP contribution in [0.2, 0.25) is 0 Å². The third-order valence-corrected chi connectivity index (χ3v) is 5.42. The van der Waals surface area contributed by atoms with Gasteiger partial charge in [0.15, 0.2) is 11.6 Å². The van der Waals surface area contributed by atoms with Crippen LogP contribution in [0.1, 0.15) is 6.92 Å². The highest BCUT2D eigenvalue weighted by Crippen LogP contribution is 2.36. The number of ether oxygens (including phenoxy) is 1. The van der Waals surface area contributed by atoms with Crippen LogP contribution >= 0.6 is 0 Å². The molecule has 0 N–H and O–H groups in total. The maximum absolute atomic E-state index is 14.6. The third-order valence-electron chi connectivity index (χ3n) is 5.42. The van der Waals surface area contributed by atoms with Crippen molar-refractivity contribution in [2.45, 2.75) is 13.5 Å². The van der Waals surface area contributed by atoms with E-state index in [1.54, 1.807) is 26.6 Å². The Morgan fingerprint density at radius 3 is 2.74 bits per heavy atom. The second kappa shape index (κ2) is 7.05. The summed E-state index contributed by atoms with van der Waals surface area (Å²) in [6.45, 7) is 2.74. The number of pyridine rings is 2. The minimum Gasteiger partial charge on any atom is -0.496 e. The number of aryl methyl sites for hydroxylation is 2. The molecule has 0 radical (unpaired) electrons. The summed E-state index contributed by atoms with van der Waals surface area (Å²) in [6, 6.07) is 6.48. The predicted molar refractivity (Wildman–Crippen MR) is 115 cm³/mol. The Balaban J connectivity index is 1.92. The van der Waals surface area contributed by atoms with E-state index in [9.17, 15) is 9.18 Å². The first kappa shape index (κ1) is 19.0. The molecule has 1 aromatic carbocycles. The minimum absolute atomic E-state index is 0.0539. The maximum atomic E-state index is 14.6. The topological polar surface area (TPSA) is 79.8 Å². The lowest BCUT2D eigenvalue weighted by Gasteiger charge is -2.11. The molecule has 0 aliphatic heterocycles. The van der Waals surface area contributed by atoms with Gasteiger partial charge in [0, 0.05) is 48.6 Å². The molecule has 0 fully saturated rings. The highest BCUT2D eigenvalue weighted by atomic mass is 19.1. The molecule has 0 atom stereocenters. The molecule has 8 nitrogen and oxygen atoms in total. The van der Waals surface area contributed by atoms with Gasteiger partial charge < -0.3 is 4.74 Å². The molecule has 5 aromatic rings. The van der Waals surface area contributed by atoms with E-state index in [1.807, 2.05) is 29.9 Å². The van der Waals surface area contributed by atoms with Gasteiger partial charge in [-0.05, 0) is 25.1 Å². The summed E-state index contributed by atoms with van der Waals surface area (Å²) >= 11 is 0. The Hall–Kier alpha value is -4.01. The molecule has 4 aromatic heterocycles. The van der Waals surface area contributed by atoms with Crippen molar-refractivity contribution in [1.29, 1.82) is 0 Å². The molecule has 0 saturated carbocycles. The van der Waals surface area contributed by atoms with E-state index in [1.165, 1.54) is 27.5 Å². The lowest BCUT2D eigenvalue weighted by Crippen LogP contribution is -2.22. The molecule has 0 aliphatic carbocycles. The van der Waals surface area contributed by atoms with Crippen LogP contribution < -0.4 is 10.4 Å². The lowest BCUT2D eigenvalue weighted by atomic mass is 10.0. The van der Waals surface area contributed by atoms with Crippen molar-refractivity contribution < 1.29 is 9.13 Å². The van der Waals surface area contributed by atoms with Crippen LogP contribution in [0.4, 0.5) is 4.39 Å². The first-order valence-corrected chi connectivity index (χ1v) is 9.75. The Morgan fingerprint density at radius 2 is 2.03 bits per heavy atom. The molecule has 156 valence electrons. The molecule has 0 bridgehead atoms. The fourth-order valence-electron chi connectivity index (χ4n) is 3.83. The van der Waals surface area contributed by atoms with Crippen molar-refractivity contribution in [3.05, 3.63) is 65.4 Å². The largest absolute Gasteiger partial charge is 0.496 e. The average Bonchev–Trinajstić information content (AvgIpc) is 3.37. The summed E-state index contributed by atoms with van der Waals surface area (Å²) in [4.78, 5) is 21.7. The zero-order chi connectivity index (χ0) is 21.7. The van der Waals surface area contributed by atoms with Crippen molar-refractivity contribution in [2.75, 3.05) is 7.11 Å². The van der Waals surface area contributed by atoms with Crippen molar-refractivity contribution in [1.82, 2.24) is 28.9 Å². The van der Waals surface area contributed by atoms with Gasteiger partial charge in [-0.1, -0.05) is 0 Å². The van der Waals surface area contributed by atoms with Crippen molar-refractivity contribution in [2.24, 2.45) is 7.05 Å². The zero-order valence-electron chi connectivity index (χ0n) is 17.2. The number of fused-ring (bicyclic) bond motifs is 3. The number of hydrogen-bond acceptors (Lipinski definition) is 5. The van der Waals surface area contributed by atoms with Crippen molar-refractivity contribution in [3.63, 3.8) is 0 Å². The number of rotatable bonds is 4. The molecule has 0 saturated heterocycles. The second-order valence-electron chi connectivity index (χ2n) is 7.13. The number of halogens is 1. The number of imidazole rings is 1. The molecule has 0 unspecified atom stereocenters. The zero-order valence-corrected chi connectivity index (χ0v) is 17.2. The Kier molecular flexibility index (Phi) is 4.32. The van der Waals surface area contributed by atoms with E-state index < -0.39 is 11.5 Å². The lowest BCUT2D eigenvalue weighted by molar-refractivity contribution is 0.417. The SMILES string of the molecule is CCn1cc(-c2cc3c(cc2OC)ncc2c3n(-c3ncccc3F)c(=O)n2C)cn1. The van der Waals surface area contributed by atoms with E-state index in [2.05, 4.69) is 15.1 Å². The minimum atomic E-state index is -0.583. The van der Waals surface area contributed by atoms with Gasteiger partial charge in [0.25, 0.3) is 0 Å². The molecule has 0 aliphatic rings. The van der Waals surface area contributed by atoms with Gasteiger partial charge in [-0.25, -0.2) is 18.7 Å². The molecular weight excluding hydrogens is 399 g/mol. The fourth-order valence-corrected chi connectivity index (χ4v) is 3.83. The number of methoxy groups -OCH3 is 1.